The Morgan fingerprint density at radius 2 is 1.40 bits per heavy atom. The minimum absolute atomic E-state index is 0.421. The molecule has 0 amide bonds. The zero-order chi connectivity index (χ0) is 32.3. The molecule has 4 heterocycles. The van der Waals surface area contributed by atoms with E-state index in [2.05, 4.69) is 36.0 Å². The summed E-state index contributed by atoms with van der Waals surface area (Å²) in [6, 6.07) is 13.6. The number of fused-ring (bicyclic) bond motifs is 2. The van der Waals surface area contributed by atoms with Crippen molar-refractivity contribution < 1.29 is 28.4 Å². The molecule has 1 aromatic carbocycles. The predicted octanol–water partition coefficient (Wildman–Crippen LogP) is 5.41. The second-order valence-electron chi connectivity index (χ2n) is 11.0. The summed E-state index contributed by atoms with van der Waals surface area (Å²) in [7, 11) is 3.34. The Balaban J connectivity index is 0.776. The van der Waals surface area contributed by atoms with Crippen molar-refractivity contribution in [2.45, 2.75) is 25.7 Å². The van der Waals surface area contributed by atoms with Gasteiger partial charge in [0.25, 0.3) is 0 Å². The highest BCUT2D eigenvalue weighted by molar-refractivity contribution is 5.80. The fourth-order valence-corrected chi connectivity index (χ4v) is 5.18. The van der Waals surface area contributed by atoms with E-state index in [1.807, 2.05) is 48.7 Å². The van der Waals surface area contributed by atoms with Crippen LogP contribution in [0.2, 0.25) is 0 Å². The van der Waals surface area contributed by atoms with E-state index < -0.39 is 0 Å². The van der Waals surface area contributed by atoms with E-state index in [1.165, 1.54) is 5.56 Å². The second kappa shape index (κ2) is 16.2. The van der Waals surface area contributed by atoms with Crippen LogP contribution in [0.3, 0.4) is 0 Å². The maximum absolute atomic E-state index is 5.74. The van der Waals surface area contributed by atoms with E-state index in [9.17, 15) is 0 Å². The van der Waals surface area contributed by atoms with Crippen molar-refractivity contribution in [2.75, 3.05) is 60.5 Å². The number of rotatable bonds is 18. The fourth-order valence-electron chi connectivity index (χ4n) is 5.18. The number of aromatic nitrogens is 6. The van der Waals surface area contributed by atoms with Gasteiger partial charge in [0, 0.05) is 37.1 Å². The summed E-state index contributed by atoms with van der Waals surface area (Å²) in [6.07, 6.45) is 9.18. The largest absolute Gasteiger partial charge is 0.501 e. The summed E-state index contributed by atoms with van der Waals surface area (Å²) < 4.78 is 33.3. The molecule has 0 radical (unpaired) electrons. The number of allylic oxidation sites excluding steroid dienone is 1. The predicted molar refractivity (Wildman–Crippen MR) is 177 cm³/mol. The van der Waals surface area contributed by atoms with Gasteiger partial charge >= 0.3 is 0 Å². The van der Waals surface area contributed by atoms with Gasteiger partial charge in [0.2, 0.25) is 0 Å². The van der Waals surface area contributed by atoms with Crippen molar-refractivity contribution in [3.63, 3.8) is 0 Å². The smallest absolute Gasteiger partial charge is 0.157 e. The highest BCUT2D eigenvalue weighted by Crippen LogP contribution is 2.26. The molecule has 0 aliphatic heterocycles. The number of aromatic amines is 2. The second-order valence-corrected chi connectivity index (χ2v) is 11.0. The van der Waals surface area contributed by atoms with Gasteiger partial charge < -0.3 is 38.4 Å². The van der Waals surface area contributed by atoms with Gasteiger partial charge in [-0.1, -0.05) is 6.07 Å². The molecule has 0 atom stereocenters. The number of H-pyrrole nitrogens is 2. The highest BCUT2D eigenvalue weighted by atomic mass is 16.6. The molecule has 0 saturated carbocycles. The van der Waals surface area contributed by atoms with Crippen molar-refractivity contribution >= 4 is 17.1 Å². The Morgan fingerprint density at radius 1 is 0.681 bits per heavy atom. The molecule has 2 N–H and O–H groups in total. The zero-order valence-corrected chi connectivity index (χ0v) is 26.8. The summed E-state index contributed by atoms with van der Waals surface area (Å²) >= 11 is 0. The van der Waals surface area contributed by atoms with Crippen LogP contribution in [-0.4, -0.2) is 90.4 Å². The van der Waals surface area contributed by atoms with Gasteiger partial charge in [-0.25, -0.2) is 15.0 Å². The lowest BCUT2D eigenvalue weighted by molar-refractivity contribution is 0.00902. The molecule has 12 heteroatoms. The van der Waals surface area contributed by atoms with E-state index in [0.717, 1.165) is 76.8 Å². The number of nitrogens with one attached hydrogen (secondary N) is 2. The first-order valence-corrected chi connectivity index (χ1v) is 15.8. The quantitative estimate of drug-likeness (QED) is 0.120. The minimum Gasteiger partial charge on any atom is -0.501 e. The molecule has 0 unspecified atom stereocenters. The van der Waals surface area contributed by atoms with Crippen LogP contribution >= 0.6 is 0 Å². The van der Waals surface area contributed by atoms with Gasteiger partial charge in [-0.05, 0) is 55.2 Å². The van der Waals surface area contributed by atoms with Crippen molar-refractivity contribution in [1.29, 1.82) is 0 Å². The number of imidazole rings is 2. The van der Waals surface area contributed by atoms with Crippen molar-refractivity contribution in [2.24, 2.45) is 0 Å². The molecule has 12 nitrogen and oxygen atoms in total. The maximum atomic E-state index is 5.74. The average molecular weight is 641 g/mol. The van der Waals surface area contributed by atoms with Crippen LogP contribution in [0.5, 0.6) is 11.5 Å². The number of hydrogen-bond acceptors (Lipinski definition) is 10. The number of hydrogen-bond donors (Lipinski definition) is 2. The molecule has 1 aliphatic rings. The molecule has 4 aromatic heterocycles. The summed E-state index contributed by atoms with van der Waals surface area (Å²) in [5, 5.41) is 0. The molecule has 246 valence electrons. The van der Waals surface area contributed by atoms with E-state index in [4.69, 9.17) is 28.4 Å². The summed E-state index contributed by atoms with van der Waals surface area (Å²) in [6.45, 7) is 3.62. The van der Waals surface area contributed by atoms with Crippen LogP contribution in [0.4, 0.5) is 0 Å². The Morgan fingerprint density at radius 3 is 2.13 bits per heavy atom. The maximum Gasteiger partial charge on any atom is 0.157 e. The first-order valence-electron chi connectivity index (χ1n) is 15.8. The number of aryl methyl sites for hydroxylation is 2. The average Bonchev–Trinajstić information content (AvgIpc) is 3.74. The lowest BCUT2D eigenvalue weighted by atomic mass is 10.1. The third kappa shape index (κ3) is 8.73. The zero-order valence-electron chi connectivity index (χ0n) is 26.8. The number of methoxy groups -OCH3 is 2. The Labute approximate surface area is 273 Å². The number of pyridine rings is 2. The SMILES string of the molecule is COC1=Cc2nc(-c3ccc(CCCOCCOCCOCCOc4ccc(-c5nc6ccc(OC)cc6[nH]5)nc4)cn3)[nH]c2CC1. The monoisotopic (exact) mass is 640 g/mol. The minimum atomic E-state index is 0.421. The van der Waals surface area contributed by atoms with Crippen molar-refractivity contribution in [3.8, 4) is 34.5 Å². The molecule has 0 spiro atoms. The van der Waals surface area contributed by atoms with Crippen molar-refractivity contribution in [3.05, 3.63) is 77.6 Å². The van der Waals surface area contributed by atoms with E-state index in [1.54, 1.807) is 20.4 Å². The van der Waals surface area contributed by atoms with Gasteiger partial charge in [0.05, 0.1) is 75.9 Å². The molecule has 0 saturated heterocycles. The molecule has 0 bridgehead atoms. The van der Waals surface area contributed by atoms with Crippen molar-refractivity contribution in [1.82, 2.24) is 29.9 Å². The lowest BCUT2D eigenvalue weighted by Gasteiger charge is -2.10. The normalized spacial score (nSPS) is 12.6. The first-order chi connectivity index (χ1) is 23.2. The first kappa shape index (κ1) is 32.2. The van der Waals surface area contributed by atoms with Gasteiger partial charge in [0.1, 0.15) is 29.5 Å². The number of nitrogens with zero attached hydrogens (tertiary/aromatic N) is 4. The molecule has 6 rings (SSSR count). The van der Waals surface area contributed by atoms with Gasteiger partial charge in [-0.2, -0.15) is 0 Å². The molecule has 1 aliphatic carbocycles. The Hall–Kier alpha value is -4.78. The lowest BCUT2D eigenvalue weighted by Crippen LogP contribution is -2.13. The Kier molecular flexibility index (Phi) is 11.1. The van der Waals surface area contributed by atoms with Crippen LogP contribution in [0.25, 0.3) is 40.1 Å². The number of benzene rings is 1. The summed E-state index contributed by atoms with van der Waals surface area (Å²) in [4.78, 5) is 25.0. The van der Waals surface area contributed by atoms with E-state index in [-0.39, 0.29) is 0 Å². The Bertz CT molecular complexity index is 1750. The van der Waals surface area contributed by atoms with Gasteiger partial charge in [0.15, 0.2) is 11.6 Å². The number of ether oxygens (including phenoxy) is 6. The van der Waals surface area contributed by atoms with E-state index >= 15 is 0 Å². The summed E-state index contributed by atoms with van der Waals surface area (Å²) in [5.74, 6) is 3.88. The van der Waals surface area contributed by atoms with Gasteiger partial charge in [-0.3, -0.25) is 4.98 Å². The topological polar surface area (TPSA) is 139 Å². The van der Waals surface area contributed by atoms with E-state index in [0.29, 0.717) is 57.8 Å². The molecule has 0 fully saturated rings. The van der Waals surface area contributed by atoms with Gasteiger partial charge in [-0.15, -0.1) is 0 Å². The molecular formula is C35H40N6O6. The standard InChI is InChI=1S/C35H40N6O6/c1-42-25-6-10-28-32(20-25)40-34(38-28)30-9-5-24(22-36-30)4-3-13-44-14-15-45-16-17-46-18-19-47-27-8-12-31(37-23-27)35-39-29-11-7-26(43-2)21-33(29)41-35/h5,7-9,11-12,20-23H,3-4,6,10,13-19H2,1-2H3,(H,38,40)(H,39,41). The highest BCUT2D eigenvalue weighted by Gasteiger charge is 2.17. The van der Waals surface area contributed by atoms with Crippen LogP contribution in [0, 0.1) is 0 Å². The molecule has 5 aromatic rings. The molecular weight excluding hydrogens is 600 g/mol. The van der Waals surface area contributed by atoms with Crippen LogP contribution in [-0.2, 0) is 31.8 Å². The molecule has 47 heavy (non-hydrogen) atoms. The fraction of sp³-hybridized carbons (Fsp3) is 0.371. The van der Waals surface area contributed by atoms with Crippen LogP contribution in [0.15, 0.2) is 60.6 Å². The van der Waals surface area contributed by atoms with Crippen LogP contribution in [0.1, 0.15) is 29.8 Å². The summed E-state index contributed by atoms with van der Waals surface area (Å²) in [5.41, 5.74) is 6.56. The van der Waals surface area contributed by atoms with Crippen LogP contribution < -0.4 is 9.47 Å². The third-order valence-corrected chi connectivity index (χ3v) is 7.72. The third-order valence-electron chi connectivity index (χ3n) is 7.72.